The van der Waals surface area contributed by atoms with Crippen molar-refractivity contribution < 1.29 is 22.6 Å². The minimum absolute atomic E-state index is 0.154. The lowest BCUT2D eigenvalue weighted by Crippen LogP contribution is -2.50. The first-order valence-electron chi connectivity index (χ1n) is 13.5. The van der Waals surface area contributed by atoms with Crippen LogP contribution in [-0.2, 0) is 22.1 Å². The highest BCUT2D eigenvalue weighted by Gasteiger charge is 2.39. The molecule has 0 atom stereocenters. The number of hydrogen-bond acceptors (Lipinski definition) is 7. The Morgan fingerprint density at radius 3 is 2.48 bits per heavy atom. The monoisotopic (exact) mass is 560 g/mol. The van der Waals surface area contributed by atoms with E-state index in [-0.39, 0.29) is 23.3 Å². The Hall–Kier alpha value is -3.82. The summed E-state index contributed by atoms with van der Waals surface area (Å²) in [5, 5.41) is 12.3. The van der Waals surface area contributed by atoms with Gasteiger partial charge in [-0.2, -0.15) is 0 Å². The summed E-state index contributed by atoms with van der Waals surface area (Å²) < 4.78 is 35.1. The number of fused-ring (bicyclic) bond motifs is 1. The third-order valence-corrected chi connectivity index (χ3v) is 8.63. The van der Waals surface area contributed by atoms with Crippen LogP contribution in [-0.4, -0.2) is 30.4 Å². The van der Waals surface area contributed by atoms with Crippen LogP contribution >= 0.6 is 0 Å². The van der Waals surface area contributed by atoms with E-state index in [1.165, 1.54) is 4.57 Å². The maximum atomic E-state index is 13.6. The molecule has 0 radical (unpaired) electrons. The van der Waals surface area contributed by atoms with Crippen molar-refractivity contribution in [3.8, 4) is 17.0 Å². The average molecular weight is 561 g/mol. The lowest BCUT2D eigenvalue weighted by Gasteiger charge is -2.27. The molecule has 9 heteroatoms. The summed E-state index contributed by atoms with van der Waals surface area (Å²) in [5.74, 6) is -0.620. The van der Waals surface area contributed by atoms with Crippen molar-refractivity contribution >= 4 is 32.7 Å². The van der Waals surface area contributed by atoms with Gasteiger partial charge in [-0.15, -0.1) is 4.57 Å². The van der Waals surface area contributed by atoms with Gasteiger partial charge >= 0.3 is 11.4 Å². The van der Waals surface area contributed by atoms with Gasteiger partial charge in [0.15, 0.2) is 12.0 Å². The van der Waals surface area contributed by atoms with E-state index < -0.39 is 21.3 Å². The van der Waals surface area contributed by atoms with Gasteiger partial charge in [0.05, 0.1) is 21.1 Å². The van der Waals surface area contributed by atoms with E-state index in [0.29, 0.717) is 40.2 Å². The Bertz CT molecular complexity index is 1880. The van der Waals surface area contributed by atoms with Gasteiger partial charge in [-0.1, -0.05) is 57.5 Å². The summed E-state index contributed by atoms with van der Waals surface area (Å²) in [6, 6.07) is 14.5. The number of pyridine rings is 1. The number of anilines is 1. The Labute approximate surface area is 232 Å². The Morgan fingerprint density at radius 2 is 1.75 bits per heavy atom. The average Bonchev–Trinajstić information content (AvgIpc) is 3.12. The van der Waals surface area contributed by atoms with Crippen LogP contribution < -0.4 is 25.7 Å². The van der Waals surface area contributed by atoms with Gasteiger partial charge in [-0.3, -0.25) is 4.79 Å². The molecule has 2 aromatic rings. The van der Waals surface area contributed by atoms with E-state index in [4.69, 9.17) is 0 Å². The standard InChI is InChI=1S/C31H32N2O6S/c1-4-5-16-33-29(35)22-11-8-10-21-27(22)23(30(33)36)19-20(28(21)34)14-15-26-31(2,3)24-12-6-7-13-25(24)32(26)17-9-18-40(37,38)39/h6-8,10-15,19H,4-5,9,16-18H2,1-3H3,(H,37,38,39)/b20-14-,26-15+. The van der Waals surface area contributed by atoms with E-state index in [1.807, 2.05) is 42.2 Å². The molecule has 5 rings (SSSR count). The zero-order valence-electron chi connectivity index (χ0n) is 22.8. The summed E-state index contributed by atoms with van der Waals surface area (Å²) in [6.45, 7) is 6.82. The molecule has 0 amide bonds. The number of unbranched alkanes of at least 4 members (excludes halogenated alkanes) is 1. The van der Waals surface area contributed by atoms with Gasteiger partial charge in [-0.05, 0) is 42.3 Å². The first-order chi connectivity index (χ1) is 19.0. The maximum absolute atomic E-state index is 13.6. The van der Waals surface area contributed by atoms with Crippen LogP contribution in [0.3, 0.4) is 0 Å². The number of hydrogen-bond donors (Lipinski definition) is 1. The lowest BCUT2D eigenvalue weighted by molar-refractivity contribution is -0.714. The highest BCUT2D eigenvalue weighted by molar-refractivity contribution is 7.85. The first-order valence-corrected chi connectivity index (χ1v) is 15.0. The summed E-state index contributed by atoms with van der Waals surface area (Å²) in [7, 11) is -4.35. The predicted molar refractivity (Wildman–Crippen MR) is 155 cm³/mol. The number of benzene rings is 3. The summed E-state index contributed by atoms with van der Waals surface area (Å²) in [6.07, 6.45) is 5.31. The minimum Gasteiger partial charge on any atom is -0.748 e. The van der Waals surface area contributed by atoms with Gasteiger partial charge in [-0.25, -0.2) is 13.2 Å². The fourth-order valence-corrected chi connectivity index (χ4v) is 6.30. The predicted octanol–water partition coefficient (Wildman–Crippen LogP) is 3.01. The van der Waals surface area contributed by atoms with Crippen LogP contribution in [0.5, 0.6) is 5.88 Å². The second-order valence-corrected chi connectivity index (χ2v) is 12.4. The second kappa shape index (κ2) is 10.3. The third kappa shape index (κ3) is 4.73. The topological polar surface area (TPSA) is 119 Å². The molecule has 1 aliphatic carbocycles. The molecule has 0 saturated carbocycles. The molecule has 0 spiro atoms. The Morgan fingerprint density at radius 1 is 1.02 bits per heavy atom. The molecular weight excluding hydrogens is 528 g/mol. The van der Waals surface area contributed by atoms with E-state index in [1.54, 1.807) is 30.3 Å². The molecule has 2 heterocycles. The summed E-state index contributed by atoms with van der Waals surface area (Å²) >= 11 is 0. The molecule has 0 unspecified atom stereocenters. The molecule has 2 aliphatic heterocycles. The Balaban J connectivity index is 1.70. The fourth-order valence-electron chi connectivity index (χ4n) is 5.82. The van der Waals surface area contributed by atoms with Crippen LogP contribution in [0.1, 0.15) is 45.6 Å². The number of rotatable bonds is 8. The van der Waals surface area contributed by atoms with E-state index in [9.17, 15) is 27.7 Å². The van der Waals surface area contributed by atoms with E-state index >= 15 is 0 Å². The lowest BCUT2D eigenvalue weighted by atomic mass is 9.83. The molecule has 208 valence electrons. The zero-order valence-corrected chi connectivity index (χ0v) is 23.6. The van der Waals surface area contributed by atoms with Crippen LogP contribution in [0.25, 0.3) is 28.0 Å². The molecule has 8 nitrogen and oxygen atoms in total. The second-order valence-electron chi connectivity index (χ2n) is 10.8. The molecule has 0 aromatic heterocycles. The SMILES string of the molecule is CCCC[n+]1c(O)c2c/c(=C/C=C3/N(CCCS(=O)(=O)[O-])c4ccccc4C3(C)C)c(=O)c3cccc(c3-2)c1=O. The van der Waals surface area contributed by atoms with Gasteiger partial charge in [0.1, 0.15) is 0 Å². The van der Waals surface area contributed by atoms with Crippen molar-refractivity contribution in [1.82, 2.24) is 0 Å². The molecule has 1 N–H and O–H groups in total. The molecular formula is C31H32N2O6S. The minimum atomic E-state index is -4.35. The smallest absolute Gasteiger partial charge is 0.423 e. The zero-order chi connectivity index (χ0) is 28.8. The van der Waals surface area contributed by atoms with E-state index in [0.717, 1.165) is 29.8 Å². The largest absolute Gasteiger partial charge is 0.748 e. The molecule has 0 bridgehead atoms. The number of aromatic nitrogens is 1. The van der Waals surface area contributed by atoms with Crippen molar-refractivity contribution in [3.63, 3.8) is 0 Å². The molecule has 2 aromatic carbocycles. The van der Waals surface area contributed by atoms with Gasteiger partial charge in [0.25, 0.3) is 0 Å². The number of para-hydroxylation sites is 1. The summed E-state index contributed by atoms with van der Waals surface area (Å²) in [5.41, 5.74) is 2.71. The molecule has 40 heavy (non-hydrogen) atoms. The van der Waals surface area contributed by atoms with Crippen molar-refractivity contribution in [3.05, 3.63) is 91.7 Å². The third-order valence-electron chi connectivity index (χ3n) is 7.84. The van der Waals surface area contributed by atoms with Crippen molar-refractivity contribution in [2.75, 3.05) is 17.2 Å². The first kappa shape index (κ1) is 27.7. The van der Waals surface area contributed by atoms with Crippen LogP contribution in [0.2, 0.25) is 0 Å². The highest BCUT2D eigenvalue weighted by atomic mass is 32.2. The van der Waals surface area contributed by atoms with Crippen LogP contribution in [0.4, 0.5) is 5.69 Å². The number of allylic oxidation sites excluding steroid dienone is 2. The van der Waals surface area contributed by atoms with Gasteiger partial charge in [0.2, 0.25) is 0 Å². The highest BCUT2D eigenvalue weighted by Crippen LogP contribution is 2.47. The molecule has 0 saturated heterocycles. The fraction of sp³-hybridized carbons (Fsp3) is 0.323. The Kier molecular flexibility index (Phi) is 7.14. The normalized spacial score (nSPS) is 16.4. The quantitative estimate of drug-likeness (QED) is 0.260. The summed E-state index contributed by atoms with van der Waals surface area (Å²) in [4.78, 5) is 28.7. The van der Waals surface area contributed by atoms with Gasteiger partial charge < -0.3 is 14.6 Å². The number of nitrogens with zero attached hydrogens (tertiary/aromatic N) is 2. The van der Waals surface area contributed by atoms with E-state index in [2.05, 4.69) is 13.8 Å². The molecule has 3 aliphatic rings. The number of aromatic hydroxyl groups is 1. The van der Waals surface area contributed by atoms with Crippen LogP contribution in [0.15, 0.2) is 69.9 Å². The van der Waals surface area contributed by atoms with Crippen molar-refractivity contribution in [2.24, 2.45) is 0 Å². The van der Waals surface area contributed by atoms with Crippen molar-refractivity contribution in [1.29, 1.82) is 0 Å². The maximum Gasteiger partial charge on any atom is 0.423 e. The van der Waals surface area contributed by atoms with Crippen LogP contribution in [0, 0.1) is 0 Å². The molecule has 0 fully saturated rings. The van der Waals surface area contributed by atoms with Crippen molar-refractivity contribution in [2.45, 2.75) is 52.0 Å². The van der Waals surface area contributed by atoms with Gasteiger partial charge in [0, 0.05) is 51.7 Å².